The molecule has 1 aliphatic heterocycles. The smallest absolute Gasteiger partial charge is 0.253 e. The maximum absolute atomic E-state index is 12.7. The zero-order valence-electron chi connectivity index (χ0n) is 14.2. The summed E-state index contributed by atoms with van der Waals surface area (Å²) >= 11 is 0. The number of carbonyl (C=O) groups is 2. The van der Waals surface area contributed by atoms with Crippen LogP contribution < -0.4 is 5.32 Å². The maximum Gasteiger partial charge on any atom is 0.253 e. The van der Waals surface area contributed by atoms with Gasteiger partial charge < -0.3 is 15.2 Å². The second-order valence-corrected chi connectivity index (χ2v) is 6.42. The van der Waals surface area contributed by atoms with Gasteiger partial charge in [0.15, 0.2) is 0 Å². The minimum atomic E-state index is -0.118. The van der Waals surface area contributed by atoms with E-state index in [0.29, 0.717) is 24.2 Å². The Labute approximate surface area is 150 Å². The van der Waals surface area contributed by atoms with Crippen LogP contribution in [0.4, 0.5) is 0 Å². The molecule has 0 radical (unpaired) electrons. The predicted octanol–water partition coefficient (Wildman–Crippen LogP) is 1.99. The van der Waals surface area contributed by atoms with Gasteiger partial charge in [0.1, 0.15) is 0 Å². The molecule has 2 N–H and O–H groups in total. The van der Waals surface area contributed by atoms with Crippen molar-refractivity contribution in [3.8, 4) is 0 Å². The molecule has 7 heteroatoms. The third-order valence-corrected chi connectivity index (χ3v) is 4.71. The Balaban J connectivity index is 1.35. The van der Waals surface area contributed by atoms with Crippen molar-refractivity contribution in [2.75, 3.05) is 13.1 Å². The Morgan fingerprint density at radius 1 is 1.15 bits per heavy atom. The molecular weight excluding hydrogens is 330 g/mol. The number of aromatic nitrogens is 3. The number of hydrogen-bond acceptors (Lipinski definition) is 4. The summed E-state index contributed by atoms with van der Waals surface area (Å²) in [6, 6.07) is 9.05. The molecule has 3 heterocycles. The first kappa shape index (κ1) is 16.3. The number of hydrogen-bond donors (Lipinski definition) is 2. The van der Waals surface area contributed by atoms with Crippen molar-refractivity contribution in [1.82, 2.24) is 25.2 Å². The highest BCUT2D eigenvalue weighted by atomic mass is 16.2. The first-order valence-electron chi connectivity index (χ1n) is 8.64. The Kier molecular flexibility index (Phi) is 4.35. The summed E-state index contributed by atoms with van der Waals surface area (Å²) in [5.41, 5.74) is 2.91. The Hall–Kier alpha value is -3.22. The molecule has 2 amide bonds. The normalized spacial score (nSPS) is 15.2. The monoisotopic (exact) mass is 349 g/mol. The van der Waals surface area contributed by atoms with E-state index in [1.807, 2.05) is 23.1 Å². The summed E-state index contributed by atoms with van der Waals surface area (Å²) in [7, 11) is 0. The second-order valence-electron chi connectivity index (χ2n) is 6.42. The van der Waals surface area contributed by atoms with Crippen molar-refractivity contribution < 1.29 is 9.59 Å². The molecule has 0 unspecified atom stereocenters. The van der Waals surface area contributed by atoms with Crippen molar-refractivity contribution in [1.29, 1.82) is 0 Å². The molecule has 1 aromatic carbocycles. The number of fused-ring (bicyclic) bond motifs is 1. The molecule has 3 aromatic rings. The van der Waals surface area contributed by atoms with Gasteiger partial charge in [-0.3, -0.25) is 14.6 Å². The van der Waals surface area contributed by atoms with Gasteiger partial charge in [-0.05, 0) is 43.2 Å². The summed E-state index contributed by atoms with van der Waals surface area (Å²) in [4.78, 5) is 37.9. The van der Waals surface area contributed by atoms with Crippen LogP contribution in [0.5, 0.6) is 0 Å². The molecule has 0 atom stereocenters. The van der Waals surface area contributed by atoms with Crippen LogP contribution in [0.25, 0.3) is 11.0 Å². The number of piperidine rings is 1. The highest BCUT2D eigenvalue weighted by Gasteiger charge is 2.25. The molecule has 7 nitrogen and oxygen atoms in total. The van der Waals surface area contributed by atoms with Crippen molar-refractivity contribution >= 4 is 22.8 Å². The van der Waals surface area contributed by atoms with E-state index in [-0.39, 0.29) is 17.9 Å². The van der Waals surface area contributed by atoms with E-state index in [9.17, 15) is 9.59 Å². The SMILES string of the molecule is O=C(NC1CCN(C(=O)c2ccc3nc[nH]c3c2)CC1)c1cccnc1. The van der Waals surface area contributed by atoms with Gasteiger partial charge in [0, 0.05) is 37.1 Å². The number of nitrogens with zero attached hydrogens (tertiary/aromatic N) is 3. The zero-order chi connectivity index (χ0) is 17.9. The van der Waals surface area contributed by atoms with Crippen LogP contribution >= 0.6 is 0 Å². The number of benzene rings is 1. The molecule has 2 aromatic heterocycles. The fraction of sp³-hybridized carbons (Fsp3) is 0.263. The number of aromatic amines is 1. The van der Waals surface area contributed by atoms with Gasteiger partial charge in [-0.15, -0.1) is 0 Å². The third-order valence-electron chi connectivity index (χ3n) is 4.71. The molecule has 1 fully saturated rings. The van der Waals surface area contributed by atoms with Crippen molar-refractivity contribution in [2.45, 2.75) is 18.9 Å². The number of rotatable bonds is 3. The molecule has 1 aliphatic rings. The Morgan fingerprint density at radius 3 is 2.77 bits per heavy atom. The minimum absolute atomic E-state index is 0.0125. The molecule has 4 rings (SSSR count). The summed E-state index contributed by atoms with van der Waals surface area (Å²) in [5.74, 6) is -0.105. The highest BCUT2D eigenvalue weighted by Crippen LogP contribution is 2.17. The van der Waals surface area contributed by atoms with Gasteiger partial charge in [0.2, 0.25) is 0 Å². The van der Waals surface area contributed by atoms with Crippen LogP contribution in [0, 0.1) is 0 Å². The molecule has 26 heavy (non-hydrogen) atoms. The first-order valence-corrected chi connectivity index (χ1v) is 8.64. The number of nitrogens with one attached hydrogen (secondary N) is 2. The van der Waals surface area contributed by atoms with Gasteiger partial charge >= 0.3 is 0 Å². The molecule has 0 spiro atoms. The van der Waals surface area contributed by atoms with E-state index in [2.05, 4.69) is 20.3 Å². The molecular formula is C19H19N5O2. The van der Waals surface area contributed by atoms with E-state index in [4.69, 9.17) is 0 Å². The molecule has 0 saturated carbocycles. The molecule has 132 valence electrons. The van der Waals surface area contributed by atoms with Crippen LogP contribution in [-0.2, 0) is 0 Å². The average molecular weight is 349 g/mol. The zero-order valence-corrected chi connectivity index (χ0v) is 14.2. The van der Waals surface area contributed by atoms with Crippen LogP contribution in [0.15, 0.2) is 49.1 Å². The summed E-state index contributed by atoms with van der Waals surface area (Å²) in [6.45, 7) is 1.25. The van der Waals surface area contributed by atoms with E-state index in [1.54, 1.807) is 30.9 Å². The first-order chi connectivity index (χ1) is 12.7. The second kappa shape index (κ2) is 6.95. The van der Waals surface area contributed by atoms with Crippen molar-refractivity contribution in [3.63, 3.8) is 0 Å². The summed E-state index contributed by atoms with van der Waals surface area (Å²) in [5, 5.41) is 3.02. The van der Waals surface area contributed by atoms with Gasteiger partial charge in [-0.25, -0.2) is 4.98 Å². The van der Waals surface area contributed by atoms with Crippen LogP contribution in [-0.4, -0.2) is 50.8 Å². The van der Waals surface area contributed by atoms with E-state index in [1.165, 1.54) is 0 Å². The lowest BCUT2D eigenvalue weighted by atomic mass is 10.0. The van der Waals surface area contributed by atoms with Crippen molar-refractivity contribution in [2.24, 2.45) is 0 Å². The summed E-state index contributed by atoms with van der Waals surface area (Å²) < 4.78 is 0. The highest BCUT2D eigenvalue weighted by molar-refractivity contribution is 5.97. The molecule has 0 bridgehead atoms. The lowest BCUT2D eigenvalue weighted by Crippen LogP contribution is -2.46. The Morgan fingerprint density at radius 2 is 2.00 bits per heavy atom. The largest absolute Gasteiger partial charge is 0.349 e. The van der Waals surface area contributed by atoms with Gasteiger partial charge in [-0.2, -0.15) is 0 Å². The quantitative estimate of drug-likeness (QED) is 0.756. The number of likely N-dealkylation sites (tertiary alicyclic amines) is 1. The van der Waals surface area contributed by atoms with Crippen LogP contribution in [0.3, 0.4) is 0 Å². The van der Waals surface area contributed by atoms with Gasteiger partial charge in [-0.1, -0.05) is 0 Å². The molecule has 0 aliphatic carbocycles. The number of H-pyrrole nitrogens is 1. The van der Waals surface area contributed by atoms with Crippen LogP contribution in [0.2, 0.25) is 0 Å². The predicted molar refractivity (Wildman–Crippen MR) is 96.7 cm³/mol. The topological polar surface area (TPSA) is 91.0 Å². The molecule has 1 saturated heterocycles. The lowest BCUT2D eigenvalue weighted by Gasteiger charge is -2.32. The third kappa shape index (κ3) is 3.28. The van der Waals surface area contributed by atoms with E-state index < -0.39 is 0 Å². The van der Waals surface area contributed by atoms with E-state index >= 15 is 0 Å². The lowest BCUT2D eigenvalue weighted by molar-refractivity contribution is 0.0698. The minimum Gasteiger partial charge on any atom is -0.349 e. The standard InChI is InChI=1S/C19H19N5O2/c25-18(14-2-1-7-20-11-14)23-15-5-8-24(9-6-15)19(26)13-3-4-16-17(10-13)22-12-21-16/h1-4,7,10-12,15H,5-6,8-9H2,(H,21,22)(H,23,25). The van der Waals surface area contributed by atoms with Gasteiger partial charge in [0.05, 0.1) is 22.9 Å². The number of amides is 2. The number of carbonyl (C=O) groups excluding carboxylic acids is 2. The number of imidazole rings is 1. The fourth-order valence-corrected chi connectivity index (χ4v) is 3.24. The number of pyridine rings is 1. The van der Waals surface area contributed by atoms with E-state index in [0.717, 1.165) is 23.9 Å². The fourth-order valence-electron chi connectivity index (χ4n) is 3.24. The average Bonchev–Trinajstić information content (AvgIpc) is 3.16. The summed E-state index contributed by atoms with van der Waals surface area (Å²) in [6.07, 6.45) is 6.30. The maximum atomic E-state index is 12.7. The van der Waals surface area contributed by atoms with Crippen molar-refractivity contribution in [3.05, 3.63) is 60.2 Å². The van der Waals surface area contributed by atoms with Gasteiger partial charge in [0.25, 0.3) is 11.8 Å². The Bertz CT molecular complexity index is 929. The van der Waals surface area contributed by atoms with Crippen LogP contribution in [0.1, 0.15) is 33.6 Å².